The third-order valence-electron chi connectivity index (χ3n) is 3.93. The number of hydrogen-bond donors (Lipinski definition) is 1. The second-order valence-electron chi connectivity index (χ2n) is 5.83. The zero-order chi connectivity index (χ0) is 20.6. The van der Waals surface area contributed by atoms with E-state index in [1.54, 1.807) is 0 Å². The molecule has 0 aliphatic rings. The number of aromatic nitrogens is 3. The summed E-state index contributed by atoms with van der Waals surface area (Å²) in [4.78, 5) is 40.3. The first-order valence-electron chi connectivity index (χ1n) is 7.81. The second kappa shape index (κ2) is 6.91. The zero-order valence-corrected chi connectivity index (χ0v) is 14.2. The number of carbonyl (C=O) groups is 1. The highest BCUT2D eigenvalue weighted by atomic mass is 19.4. The molecule has 3 rings (SSSR count). The van der Waals surface area contributed by atoms with Crippen molar-refractivity contribution in [2.75, 3.05) is 5.32 Å². The van der Waals surface area contributed by atoms with Crippen molar-refractivity contribution in [2.45, 2.75) is 12.7 Å². The van der Waals surface area contributed by atoms with Crippen molar-refractivity contribution in [1.82, 2.24) is 14.1 Å². The molecular formula is C17H12F4N4O3. The van der Waals surface area contributed by atoms with Gasteiger partial charge in [0.2, 0.25) is 5.91 Å². The molecule has 0 unspecified atom stereocenters. The summed E-state index contributed by atoms with van der Waals surface area (Å²) in [5.41, 5.74) is -3.88. The molecule has 3 aromatic rings. The number of carbonyl (C=O) groups excluding carboxylic acids is 1. The molecule has 1 aromatic carbocycles. The number of anilines is 1. The predicted octanol–water partition coefficient (Wildman–Crippen LogP) is 1.89. The smallest absolute Gasteiger partial charge is 0.322 e. The number of nitrogens with one attached hydrogen (secondary N) is 1. The number of benzene rings is 1. The number of fused-ring (bicyclic) bond motifs is 1. The number of hydrogen-bond acceptors (Lipinski definition) is 4. The molecular weight excluding hydrogens is 384 g/mol. The van der Waals surface area contributed by atoms with Gasteiger partial charge in [0.1, 0.15) is 23.7 Å². The molecule has 7 nitrogen and oxygen atoms in total. The van der Waals surface area contributed by atoms with E-state index in [0.29, 0.717) is 10.6 Å². The van der Waals surface area contributed by atoms with Crippen LogP contribution in [0.3, 0.4) is 0 Å². The minimum absolute atomic E-state index is 0.144. The lowest BCUT2D eigenvalue weighted by Crippen LogP contribution is -2.42. The fourth-order valence-electron chi connectivity index (χ4n) is 2.57. The number of para-hydroxylation sites is 1. The van der Waals surface area contributed by atoms with Gasteiger partial charge < -0.3 is 5.32 Å². The van der Waals surface area contributed by atoms with Gasteiger partial charge in [-0.2, -0.15) is 13.2 Å². The third kappa shape index (κ3) is 3.50. The maximum absolute atomic E-state index is 13.6. The minimum Gasteiger partial charge on any atom is -0.322 e. The highest BCUT2D eigenvalue weighted by Crippen LogP contribution is 2.28. The molecule has 0 aliphatic heterocycles. The fraction of sp³-hybridized carbons (Fsp3) is 0.176. The third-order valence-corrected chi connectivity index (χ3v) is 3.93. The van der Waals surface area contributed by atoms with E-state index in [9.17, 15) is 31.9 Å². The molecule has 146 valence electrons. The average Bonchev–Trinajstić information content (AvgIpc) is 2.64. The summed E-state index contributed by atoms with van der Waals surface area (Å²) >= 11 is 0. The molecule has 0 saturated carbocycles. The lowest BCUT2D eigenvalue weighted by Gasteiger charge is -2.12. The molecule has 0 spiro atoms. The Labute approximate surface area is 153 Å². The Balaban J connectivity index is 2.03. The van der Waals surface area contributed by atoms with Crippen LogP contribution in [0.4, 0.5) is 23.2 Å². The van der Waals surface area contributed by atoms with Crippen molar-refractivity contribution in [3.63, 3.8) is 0 Å². The molecule has 2 heterocycles. The van der Waals surface area contributed by atoms with Gasteiger partial charge in [-0.1, -0.05) is 12.1 Å². The van der Waals surface area contributed by atoms with Crippen LogP contribution in [-0.2, 0) is 24.6 Å². The van der Waals surface area contributed by atoms with Crippen molar-refractivity contribution < 1.29 is 22.4 Å². The first-order chi connectivity index (χ1) is 13.1. The number of amides is 1. The van der Waals surface area contributed by atoms with Crippen molar-refractivity contribution in [3.8, 4) is 0 Å². The van der Waals surface area contributed by atoms with E-state index < -0.39 is 47.0 Å². The van der Waals surface area contributed by atoms with Crippen molar-refractivity contribution in [2.24, 2.45) is 7.05 Å². The molecule has 1 N–H and O–H groups in total. The largest absolute Gasteiger partial charge is 0.433 e. The lowest BCUT2D eigenvalue weighted by molar-refractivity contribution is -0.141. The highest BCUT2D eigenvalue weighted by Gasteiger charge is 2.33. The van der Waals surface area contributed by atoms with Gasteiger partial charge in [0, 0.05) is 7.05 Å². The van der Waals surface area contributed by atoms with Crippen LogP contribution in [0, 0.1) is 5.82 Å². The van der Waals surface area contributed by atoms with Gasteiger partial charge in [-0.25, -0.2) is 14.2 Å². The molecule has 2 aromatic heterocycles. The summed E-state index contributed by atoms with van der Waals surface area (Å²) in [5, 5.41) is 1.95. The molecule has 0 aliphatic carbocycles. The Bertz CT molecular complexity index is 1200. The van der Waals surface area contributed by atoms with Gasteiger partial charge in [-0.15, -0.1) is 0 Å². The van der Waals surface area contributed by atoms with Gasteiger partial charge in [0.05, 0.1) is 11.1 Å². The minimum atomic E-state index is -4.75. The van der Waals surface area contributed by atoms with E-state index in [2.05, 4.69) is 10.3 Å². The molecule has 0 radical (unpaired) electrons. The van der Waals surface area contributed by atoms with E-state index in [1.165, 1.54) is 18.2 Å². The molecule has 11 heteroatoms. The van der Waals surface area contributed by atoms with Crippen LogP contribution in [0.15, 0.2) is 46.0 Å². The number of alkyl halides is 3. The number of pyridine rings is 1. The van der Waals surface area contributed by atoms with Crippen molar-refractivity contribution in [3.05, 3.63) is 68.7 Å². The van der Waals surface area contributed by atoms with E-state index >= 15 is 0 Å². The van der Waals surface area contributed by atoms with E-state index in [1.807, 2.05) is 0 Å². The first-order valence-corrected chi connectivity index (χ1v) is 7.81. The van der Waals surface area contributed by atoms with Crippen LogP contribution >= 0.6 is 0 Å². The van der Waals surface area contributed by atoms with Gasteiger partial charge in [0.25, 0.3) is 5.56 Å². The Morgan fingerprint density at radius 3 is 2.46 bits per heavy atom. The quantitative estimate of drug-likeness (QED) is 0.686. The van der Waals surface area contributed by atoms with Gasteiger partial charge in [0.15, 0.2) is 0 Å². The molecule has 0 atom stereocenters. The standard InChI is InChI=1S/C17H12F4N4O3/c1-24-14-9(6-7-12(23-14)17(19,20)21)15(27)25(16(24)28)8-13(26)22-11-5-3-2-4-10(11)18/h2-7H,8H2,1H3,(H,22,26). The topological polar surface area (TPSA) is 86.0 Å². The fourth-order valence-corrected chi connectivity index (χ4v) is 2.57. The highest BCUT2D eigenvalue weighted by molar-refractivity contribution is 5.90. The number of rotatable bonds is 3. The molecule has 1 amide bonds. The number of aryl methyl sites for hydroxylation is 1. The molecule has 28 heavy (non-hydrogen) atoms. The van der Waals surface area contributed by atoms with Gasteiger partial charge in [-0.3, -0.25) is 18.7 Å². The molecule has 0 bridgehead atoms. The number of nitrogens with zero attached hydrogens (tertiary/aromatic N) is 3. The summed E-state index contributed by atoms with van der Waals surface area (Å²) in [6.45, 7) is -0.753. The maximum atomic E-state index is 13.6. The van der Waals surface area contributed by atoms with Crippen LogP contribution in [0.2, 0.25) is 0 Å². The second-order valence-corrected chi connectivity index (χ2v) is 5.83. The summed E-state index contributed by atoms with van der Waals surface area (Å²) < 4.78 is 53.3. The summed E-state index contributed by atoms with van der Waals surface area (Å²) in [7, 11) is 1.13. The van der Waals surface area contributed by atoms with Crippen LogP contribution in [-0.4, -0.2) is 20.0 Å². The van der Waals surface area contributed by atoms with Crippen molar-refractivity contribution >= 4 is 22.6 Å². The summed E-state index contributed by atoms with van der Waals surface area (Å²) in [5.74, 6) is -1.57. The zero-order valence-electron chi connectivity index (χ0n) is 14.2. The van der Waals surface area contributed by atoms with Crippen LogP contribution in [0.1, 0.15) is 5.69 Å². The first kappa shape index (κ1) is 19.3. The van der Waals surface area contributed by atoms with Gasteiger partial charge in [-0.05, 0) is 24.3 Å². The predicted molar refractivity (Wildman–Crippen MR) is 91.3 cm³/mol. The Kier molecular flexibility index (Phi) is 4.75. The van der Waals surface area contributed by atoms with Crippen molar-refractivity contribution in [1.29, 1.82) is 0 Å². The Hall–Kier alpha value is -3.50. The summed E-state index contributed by atoms with van der Waals surface area (Å²) in [6, 6.07) is 6.79. The van der Waals surface area contributed by atoms with Gasteiger partial charge >= 0.3 is 11.9 Å². The Morgan fingerprint density at radius 1 is 1.14 bits per heavy atom. The van der Waals surface area contributed by atoms with Crippen LogP contribution in [0.25, 0.3) is 11.0 Å². The van der Waals surface area contributed by atoms with Crippen LogP contribution < -0.4 is 16.6 Å². The van der Waals surface area contributed by atoms with E-state index in [0.717, 1.165) is 23.7 Å². The SMILES string of the molecule is Cn1c(=O)n(CC(=O)Nc2ccccc2F)c(=O)c2ccc(C(F)(F)F)nc21. The maximum Gasteiger partial charge on any atom is 0.433 e. The molecule has 0 fully saturated rings. The lowest BCUT2D eigenvalue weighted by atomic mass is 10.2. The van der Waals surface area contributed by atoms with Crippen LogP contribution in [0.5, 0.6) is 0 Å². The van der Waals surface area contributed by atoms with E-state index in [-0.39, 0.29) is 11.1 Å². The average molecular weight is 396 g/mol. The summed E-state index contributed by atoms with van der Waals surface area (Å²) in [6.07, 6.45) is -4.75. The van der Waals surface area contributed by atoms with E-state index in [4.69, 9.17) is 0 Å². The monoisotopic (exact) mass is 396 g/mol. The Morgan fingerprint density at radius 2 is 1.82 bits per heavy atom. The number of halogens is 4. The normalized spacial score (nSPS) is 11.6. The molecule has 0 saturated heterocycles.